The summed E-state index contributed by atoms with van der Waals surface area (Å²) in [6.07, 6.45) is 3.72. The third kappa shape index (κ3) is 4.69. The molecule has 1 saturated carbocycles. The minimum Gasteiger partial charge on any atom is -0.461 e. The number of ether oxygens (including phenoxy) is 1. The van der Waals surface area contributed by atoms with Crippen LogP contribution in [0.2, 0.25) is 0 Å². The summed E-state index contributed by atoms with van der Waals surface area (Å²) >= 11 is 0.359. The Morgan fingerprint density at radius 2 is 1.76 bits per heavy atom. The highest BCUT2D eigenvalue weighted by Crippen LogP contribution is 2.38. The molecule has 1 rings (SSSR count). The topological polar surface area (TPSA) is 97.7 Å². The molecular formula is C13H22O6S2. The fourth-order valence-electron chi connectivity index (χ4n) is 2.13. The summed E-state index contributed by atoms with van der Waals surface area (Å²) in [4.78, 5) is 24.2. The molecule has 1 fully saturated rings. The first-order valence-corrected chi connectivity index (χ1v) is 9.24. The zero-order valence-electron chi connectivity index (χ0n) is 12.5. The zero-order chi connectivity index (χ0) is 16.3. The molecule has 21 heavy (non-hydrogen) atoms. The summed E-state index contributed by atoms with van der Waals surface area (Å²) in [6.45, 7) is 4.14. The van der Waals surface area contributed by atoms with Gasteiger partial charge in [0.05, 0.1) is 6.10 Å². The van der Waals surface area contributed by atoms with Gasteiger partial charge in [-0.05, 0) is 33.6 Å². The number of esters is 1. The number of rotatable bonds is 5. The molecule has 1 aliphatic carbocycles. The second kappa shape index (κ2) is 7.11. The van der Waals surface area contributed by atoms with Crippen LogP contribution in [-0.4, -0.2) is 34.2 Å². The number of thioether (sulfide) groups is 1. The van der Waals surface area contributed by atoms with Gasteiger partial charge in [-0.1, -0.05) is 31.0 Å². The van der Waals surface area contributed by atoms with Crippen LogP contribution in [0.15, 0.2) is 0 Å². The van der Waals surface area contributed by atoms with E-state index in [9.17, 15) is 22.6 Å². The van der Waals surface area contributed by atoms with Crippen LogP contribution < -0.4 is 0 Å². The average molecular weight is 338 g/mol. The molecule has 0 spiro atoms. The SMILES string of the molecule is CC(C)OC(=O)C(C)(SC(=O)C1CCCCC1)S(=O)(=O)O. The van der Waals surface area contributed by atoms with E-state index in [2.05, 4.69) is 0 Å². The van der Waals surface area contributed by atoms with Crippen LogP contribution in [0, 0.1) is 5.92 Å². The predicted molar refractivity (Wildman–Crippen MR) is 80.4 cm³/mol. The van der Waals surface area contributed by atoms with Gasteiger partial charge in [0, 0.05) is 5.92 Å². The quantitative estimate of drug-likeness (QED) is 0.607. The molecule has 1 unspecified atom stereocenters. The number of hydrogen-bond acceptors (Lipinski definition) is 6. The average Bonchev–Trinajstić information content (AvgIpc) is 2.37. The highest BCUT2D eigenvalue weighted by Gasteiger charge is 2.51. The number of carbonyl (C=O) groups is 2. The highest BCUT2D eigenvalue weighted by atomic mass is 32.3. The third-order valence-electron chi connectivity index (χ3n) is 3.44. The van der Waals surface area contributed by atoms with Crippen LogP contribution in [0.3, 0.4) is 0 Å². The molecule has 0 heterocycles. The van der Waals surface area contributed by atoms with E-state index in [1.54, 1.807) is 13.8 Å². The van der Waals surface area contributed by atoms with Crippen molar-refractivity contribution in [2.24, 2.45) is 5.92 Å². The molecule has 0 radical (unpaired) electrons. The minimum atomic E-state index is -4.78. The van der Waals surface area contributed by atoms with Gasteiger partial charge in [0.1, 0.15) is 0 Å². The lowest BCUT2D eigenvalue weighted by Crippen LogP contribution is -2.44. The van der Waals surface area contributed by atoms with E-state index in [1.807, 2.05) is 0 Å². The van der Waals surface area contributed by atoms with Crippen molar-refractivity contribution in [3.8, 4) is 0 Å². The smallest absolute Gasteiger partial charge is 0.340 e. The first-order valence-electron chi connectivity index (χ1n) is 6.99. The molecule has 0 aromatic carbocycles. The van der Waals surface area contributed by atoms with E-state index in [1.165, 1.54) is 0 Å². The van der Waals surface area contributed by atoms with E-state index < -0.39 is 26.3 Å². The van der Waals surface area contributed by atoms with E-state index in [-0.39, 0.29) is 11.0 Å². The molecule has 1 atom stereocenters. The standard InChI is InChI=1S/C13H22O6S2/c1-9(2)19-12(15)13(3,21(16,17)18)20-11(14)10-7-5-4-6-8-10/h9-10H,4-8H2,1-3H3,(H,16,17,18). The lowest BCUT2D eigenvalue weighted by molar-refractivity contribution is -0.147. The Morgan fingerprint density at radius 1 is 1.24 bits per heavy atom. The molecule has 8 heteroatoms. The first kappa shape index (κ1) is 18.4. The lowest BCUT2D eigenvalue weighted by atomic mass is 9.90. The summed E-state index contributed by atoms with van der Waals surface area (Å²) in [5.41, 5.74) is 0. The maximum Gasteiger partial charge on any atom is 0.340 e. The molecular weight excluding hydrogens is 316 g/mol. The first-order chi connectivity index (χ1) is 9.58. The monoisotopic (exact) mass is 338 g/mol. The molecule has 0 saturated heterocycles. The second-order valence-corrected chi connectivity index (χ2v) is 9.08. The van der Waals surface area contributed by atoms with E-state index in [4.69, 9.17) is 4.74 Å². The van der Waals surface area contributed by atoms with Crippen molar-refractivity contribution in [3.63, 3.8) is 0 Å². The van der Waals surface area contributed by atoms with Gasteiger partial charge >= 0.3 is 5.97 Å². The summed E-state index contributed by atoms with van der Waals surface area (Å²) in [6, 6.07) is 0. The van der Waals surface area contributed by atoms with Gasteiger partial charge in [-0.15, -0.1) is 0 Å². The summed E-state index contributed by atoms with van der Waals surface area (Å²) in [5, 5.41) is -0.379. The molecule has 0 aromatic heterocycles. The summed E-state index contributed by atoms with van der Waals surface area (Å²) < 4.78 is 35.1. The van der Waals surface area contributed by atoms with Gasteiger partial charge in [0.25, 0.3) is 10.1 Å². The fourth-order valence-corrected chi connectivity index (χ4v) is 3.98. The molecule has 1 aliphatic rings. The molecule has 1 N–H and O–H groups in total. The Balaban J connectivity index is 2.93. The van der Waals surface area contributed by atoms with Gasteiger partial charge in [-0.3, -0.25) is 9.35 Å². The van der Waals surface area contributed by atoms with Crippen LogP contribution in [0.4, 0.5) is 0 Å². The van der Waals surface area contributed by atoms with Crippen molar-refractivity contribution >= 4 is 33.0 Å². The van der Waals surface area contributed by atoms with Crippen LogP contribution >= 0.6 is 11.8 Å². The van der Waals surface area contributed by atoms with Gasteiger partial charge in [0.2, 0.25) is 4.08 Å². The Kier molecular flexibility index (Phi) is 6.24. The molecule has 0 bridgehead atoms. The van der Waals surface area contributed by atoms with Gasteiger partial charge in [-0.2, -0.15) is 8.42 Å². The Labute approximate surface area is 129 Å². The van der Waals surface area contributed by atoms with Crippen molar-refractivity contribution in [1.29, 1.82) is 0 Å². The molecule has 0 aromatic rings. The number of hydrogen-bond donors (Lipinski definition) is 1. The van der Waals surface area contributed by atoms with E-state index in [0.29, 0.717) is 24.6 Å². The van der Waals surface area contributed by atoms with Crippen molar-refractivity contribution in [2.45, 2.75) is 63.1 Å². The lowest BCUT2D eigenvalue weighted by Gasteiger charge is -2.27. The molecule has 0 amide bonds. The highest BCUT2D eigenvalue weighted by molar-refractivity contribution is 8.23. The normalized spacial score (nSPS) is 20.0. The van der Waals surface area contributed by atoms with Crippen molar-refractivity contribution in [1.82, 2.24) is 0 Å². The van der Waals surface area contributed by atoms with E-state index in [0.717, 1.165) is 26.2 Å². The maximum atomic E-state index is 12.2. The van der Waals surface area contributed by atoms with Crippen molar-refractivity contribution < 1.29 is 27.3 Å². The van der Waals surface area contributed by atoms with Gasteiger partial charge < -0.3 is 4.74 Å². The van der Waals surface area contributed by atoms with Gasteiger partial charge in [0.15, 0.2) is 5.12 Å². The van der Waals surface area contributed by atoms with Crippen LogP contribution in [-0.2, 0) is 24.4 Å². The summed E-state index contributed by atoms with van der Waals surface area (Å²) in [5.74, 6) is -1.38. The van der Waals surface area contributed by atoms with Crippen LogP contribution in [0.1, 0.15) is 52.9 Å². The molecule has 122 valence electrons. The van der Waals surface area contributed by atoms with E-state index >= 15 is 0 Å². The second-order valence-electron chi connectivity index (χ2n) is 5.63. The predicted octanol–water partition coefficient (Wildman–Crippen LogP) is 2.38. The van der Waals surface area contributed by atoms with Crippen LogP contribution in [0.25, 0.3) is 0 Å². The van der Waals surface area contributed by atoms with Crippen LogP contribution in [0.5, 0.6) is 0 Å². The summed E-state index contributed by atoms with van der Waals surface area (Å²) in [7, 11) is -4.78. The maximum absolute atomic E-state index is 12.2. The third-order valence-corrected chi connectivity index (χ3v) is 6.56. The number of carbonyl (C=O) groups excluding carboxylic acids is 2. The Bertz CT molecular complexity index is 493. The van der Waals surface area contributed by atoms with Gasteiger partial charge in [-0.25, -0.2) is 4.79 Å². The molecule has 0 aliphatic heterocycles. The Morgan fingerprint density at radius 3 is 2.19 bits per heavy atom. The molecule has 6 nitrogen and oxygen atoms in total. The zero-order valence-corrected chi connectivity index (χ0v) is 14.1. The van der Waals surface area contributed by atoms with Crippen molar-refractivity contribution in [3.05, 3.63) is 0 Å². The van der Waals surface area contributed by atoms with Crippen molar-refractivity contribution in [2.75, 3.05) is 0 Å². The fraction of sp³-hybridized carbons (Fsp3) is 0.846. The minimum absolute atomic E-state index is 0.267. The largest absolute Gasteiger partial charge is 0.461 e. The Hall–Kier alpha value is -0.600.